The number of likely N-dealkylation sites (N-methyl/N-ethyl adjacent to an activating group) is 1. The molecule has 8 heteroatoms. The molecular formula is C16H16ClFN2O3S. The number of carbonyl (C=O) groups excluding carboxylic acids is 1. The van der Waals surface area contributed by atoms with Crippen molar-refractivity contribution >= 4 is 33.2 Å². The zero-order chi connectivity index (χ0) is 17.9. The lowest BCUT2D eigenvalue weighted by atomic mass is 10.2. The van der Waals surface area contributed by atoms with Crippen molar-refractivity contribution in [1.29, 1.82) is 0 Å². The van der Waals surface area contributed by atoms with Crippen LogP contribution < -0.4 is 5.32 Å². The molecule has 24 heavy (non-hydrogen) atoms. The smallest absolute Gasteiger partial charge is 0.243 e. The first-order chi connectivity index (χ1) is 11.2. The number of carbonyl (C=O) groups is 1. The standard InChI is InChI=1S/C16H16ClFN2O3S/c1-11-3-6-13(9-15(11)18)19-16(21)10-20(2)24(22,23)14-7-4-12(17)5-8-14/h3-9H,10H2,1-2H3,(H,19,21). The van der Waals surface area contributed by atoms with Crippen LogP contribution in [0.5, 0.6) is 0 Å². The number of benzene rings is 2. The highest BCUT2D eigenvalue weighted by molar-refractivity contribution is 7.89. The maximum atomic E-state index is 13.5. The highest BCUT2D eigenvalue weighted by Crippen LogP contribution is 2.18. The van der Waals surface area contributed by atoms with Crippen LogP contribution in [0.3, 0.4) is 0 Å². The van der Waals surface area contributed by atoms with Crippen LogP contribution in [-0.4, -0.2) is 32.2 Å². The lowest BCUT2D eigenvalue weighted by Crippen LogP contribution is -2.34. The molecule has 0 aromatic heterocycles. The molecule has 0 saturated heterocycles. The number of halogens is 2. The highest BCUT2D eigenvalue weighted by atomic mass is 35.5. The molecule has 0 bridgehead atoms. The SMILES string of the molecule is Cc1ccc(NC(=O)CN(C)S(=O)(=O)c2ccc(Cl)cc2)cc1F. The third-order valence-electron chi connectivity index (χ3n) is 3.34. The van der Waals surface area contributed by atoms with Crippen LogP contribution in [-0.2, 0) is 14.8 Å². The highest BCUT2D eigenvalue weighted by Gasteiger charge is 2.23. The Morgan fingerprint density at radius 3 is 2.42 bits per heavy atom. The first-order valence-electron chi connectivity index (χ1n) is 6.98. The van der Waals surface area contributed by atoms with E-state index < -0.39 is 28.3 Å². The van der Waals surface area contributed by atoms with Gasteiger partial charge in [-0.1, -0.05) is 17.7 Å². The zero-order valence-electron chi connectivity index (χ0n) is 13.1. The van der Waals surface area contributed by atoms with Crippen LogP contribution >= 0.6 is 11.6 Å². The van der Waals surface area contributed by atoms with Crippen LogP contribution in [0, 0.1) is 12.7 Å². The molecule has 5 nitrogen and oxygen atoms in total. The Morgan fingerprint density at radius 1 is 1.21 bits per heavy atom. The Morgan fingerprint density at radius 2 is 1.83 bits per heavy atom. The summed E-state index contributed by atoms with van der Waals surface area (Å²) in [6, 6.07) is 9.89. The van der Waals surface area contributed by atoms with Crippen molar-refractivity contribution in [2.75, 3.05) is 18.9 Å². The molecule has 1 amide bonds. The van der Waals surface area contributed by atoms with Crippen molar-refractivity contribution in [3.63, 3.8) is 0 Å². The first kappa shape index (κ1) is 18.4. The van der Waals surface area contributed by atoms with Gasteiger partial charge in [-0.25, -0.2) is 12.8 Å². The summed E-state index contributed by atoms with van der Waals surface area (Å²) < 4.78 is 39.1. The molecule has 128 valence electrons. The summed E-state index contributed by atoms with van der Waals surface area (Å²) in [6.07, 6.45) is 0. The molecular weight excluding hydrogens is 355 g/mol. The average molecular weight is 371 g/mol. The fourth-order valence-electron chi connectivity index (χ4n) is 1.94. The van der Waals surface area contributed by atoms with E-state index in [9.17, 15) is 17.6 Å². The number of anilines is 1. The van der Waals surface area contributed by atoms with Gasteiger partial charge in [0.25, 0.3) is 0 Å². The molecule has 0 aliphatic rings. The summed E-state index contributed by atoms with van der Waals surface area (Å²) in [5.74, 6) is -1.02. The molecule has 0 atom stereocenters. The number of hydrogen-bond donors (Lipinski definition) is 1. The van der Waals surface area contributed by atoms with E-state index in [1.165, 1.54) is 43.4 Å². The van der Waals surface area contributed by atoms with Crippen molar-refractivity contribution in [3.8, 4) is 0 Å². The van der Waals surface area contributed by atoms with Crippen molar-refractivity contribution < 1.29 is 17.6 Å². The topological polar surface area (TPSA) is 66.5 Å². The minimum atomic E-state index is -3.82. The summed E-state index contributed by atoms with van der Waals surface area (Å²) in [5.41, 5.74) is 0.718. The second kappa shape index (κ2) is 7.29. The Kier molecular flexibility index (Phi) is 5.58. The minimum Gasteiger partial charge on any atom is -0.325 e. The lowest BCUT2D eigenvalue weighted by Gasteiger charge is -2.17. The number of amides is 1. The number of hydrogen-bond acceptors (Lipinski definition) is 3. The predicted octanol–water partition coefficient (Wildman–Crippen LogP) is 3.05. The second-order valence-electron chi connectivity index (χ2n) is 5.23. The van der Waals surface area contributed by atoms with Crippen LogP contribution in [0.4, 0.5) is 10.1 Å². The van der Waals surface area contributed by atoms with Gasteiger partial charge in [-0.05, 0) is 48.9 Å². The van der Waals surface area contributed by atoms with Gasteiger partial charge in [0.05, 0.1) is 11.4 Å². The molecule has 1 N–H and O–H groups in total. The van der Waals surface area contributed by atoms with Crippen molar-refractivity contribution in [2.45, 2.75) is 11.8 Å². The third kappa shape index (κ3) is 4.31. The summed E-state index contributed by atoms with van der Waals surface area (Å²) in [5, 5.41) is 2.88. The van der Waals surface area contributed by atoms with E-state index in [4.69, 9.17) is 11.6 Å². The molecule has 2 aromatic rings. The predicted molar refractivity (Wildman–Crippen MR) is 91.0 cm³/mol. The van der Waals surface area contributed by atoms with Gasteiger partial charge in [0.1, 0.15) is 5.82 Å². The Labute approximate surface area is 145 Å². The number of nitrogens with one attached hydrogen (secondary N) is 1. The molecule has 2 aromatic carbocycles. The van der Waals surface area contributed by atoms with E-state index in [2.05, 4.69) is 5.32 Å². The summed E-state index contributed by atoms with van der Waals surface area (Å²) >= 11 is 5.74. The number of sulfonamides is 1. The molecule has 0 spiro atoms. The van der Waals surface area contributed by atoms with E-state index in [0.29, 0.717) is 10.6 Å². The van der Waals surface area contributed by atoms with Gasteiger partial charge in [-0.15, -0.1) is 0 Å². The van der Waals surface area contributed by atoms with Crippen LogP contribution in [0.25, 0.3) is 0 Å². The second-order valence-corrected chi connectivity index (χ2v) is 7.71. The Bertz CT molecular complexity index is 854. The number of rotatable bonds is 5. The fraction of sp³-hybridized carbons (Fsp3) is 0.188. The molecule has 0 aliphatic carbocycles. The average Bonchev–Trinajstić information content (AvgIpc) is 2.51. The quantitative estimate of drug-likeness (QED) is 0.879. The molecule has 0 fully saturated rings. The van der Waals surface area contributed by atoms with Crippen LogP contribution in [0.1, 0.15) is 5.56 Å². The summed E-state index contributed by atoms with van der Waals surface area (Å²) in [6.45, 7) is 1.20. The fourth-order valence-corrected chi connectivity index (χ4v) is 3.20. The van der Waals surface area contributed by atoms with Gasteiger partial charge < -0.3 is 5.32 Å². The zero-order valence-corrected chi connectivity index (χ0v) is 14.7. The normalized spacial score (nSPS) is 11.5. The van der Waals surface area contributed by atoms with E-state index in [1.807, 2.05) is 0 Å². The molecule has 0 radical (unpaired) electrons. The van der Waals surface area contributed by atoms with Gasteiger partial charge >= 0.3 is 0 Å². The van der Waals surface area contributed by atoms with Crippen LogP contribution in [0.15, 0.2) is 47.4 Å². The van der Waals surface area contributed by atoms with Gasteiger partial charge in [-0.3, -0.25) is 4.79 Å². The van der Waals surface area contributed by atoms with Gasteiger partial charge in [0.2, 0.25) is 15.9 Å². The van der Waals surface area contributed by atoms with Crippen molar-refractivity contribution in [1.82, 2.24) is 4.31 Å². The van der Waals surface area contributed by atoms with E-state index in [0.717, 1.165) is 4.31 Å². The van der Waals surface area contributed by atoms with Gasteiger partial charge in [0.15, 0.2) is 0 Å². The maximum absolute atomic E-state index is 13.5. The van der Waals surface area contributed by atoms with Crippen molar-refractivity contribution in [2.24, 2.45) is 0 Å². The number of aryl methyl sites for hydroxylation is 1. The maximum Gasteiger partial charge on any atom is 0.243 e. The number of nitrogens with zero attached hydrogens (tertiary/aromatic N) is 1. The molecule has 0 aliphatic heterocycles. The molecule has 0 heterocycles. The van der Waals surface area contributed by atoms with Gasteiger partial charge in [0, 0.05) is 17.8 Å². The lowest BCUT2D eigenvalue weighted by molar-refractivity contribution is -0.116. The van der Waals surface area contributed by atoms with Gasteiger partial charge in [-0.2, -0.15) is 4.31 Å². The third-order valence-corrected chi connectivity index (χ3v) is 5.41. The molecule has 0 unspecified atom stereocenters. The van der Waals surface area contributed by atoms with E-state index in [1.54, 1.807) is 13.0 Å². The first-order valence-corrected chi connectivity index (χ1v) is 8.80. The van der Waals surface area contributed by atoms with Crippen molar-refractivity contribution in [3.05, 3.63) is 58.9 Å². The molecule has 2 rings (SSSR count). The van der Waals surface area contributed by atoms with E-state index >= 15 is 0 Å². The summed E-state index contributed by atoms with van der Waals surface area (Å²) in [7, 11) is -2.53. The summed E-state index contributed by atoms with van der Waals surface area (Å²) in [4.78, 5) is 12.0. The Hall–Kier alpha value is -1.96. The monoisotopic (exact) mass is 370 g/mol. The molecule has 0 saturated carbocycles. The van der Waals surface area contributed by atoms with E-state index in [-0.39, 0.29) is 10.6 Å². The van der Waals surface area contributed by atoms with Crippen LogP contribution in [0.2, 0.25) is 5.02 Å². The minimum absolute atomic E-state index is 0.0311. The Balaban J connectivity index is 2.07. The largest absolute Gasteiger partial charge is 0.325 e.